The molecule has 4 heteroatoms. The zero-order chi connectivity index (χ0) is 24.7. The number of hydrogen-bond donors (Lipinski definition) is 0. The first-order valence-corrected chi connectivity index (χ1v) is 13.8. The van der Waals surface area contributed by atoms with Crippen molar-refractivity contribution in [1.29, 1.82) is 0 Å². The highest BCUT2D eigenvalue weighted by Gasteiger charge is 2.48. The van der Waals surface area contributed by atoms with E-state index in [1.54, 1.807) is 0 Å². The summed E-state index contributed by atoms with van der Waals surface area (Å²) in [5.74, 6) is 5.45. The van der Waals surface area contributed by atoms with Crippen LogP contribution >= 0.6 is 0 Å². The van der Waals surface area contributed by atoms with Crippen molar-refractivity contribution in [3.05, 3.63) is 58.7 Å². The Hall–Kier alpha value is -2.23. The Morgan fingerprint density at radius 2 is 1.97 bits per heavy atom. The molecule has 5 aliphatic rings. The zero-order valence-electron chi connectivity index (χ0n) is 22.2. The summed E-state index contributed by atoms with van der Waals surface area (Å²) in [6, 6.07) is 0.167. The molecule has 1 saturated heterocycles. The van der Waals surface area contributed by atoms with Gasteiger partial charge in [0, 0.05) is 31.3 Å². The lowest BCUT2D eigenvalue weighted by molar-refractivity contribution is 0.149. The van der Waals surface area contributed by atoms with Crippen LogP contribution in [0.2, 0.25) is 0 Å². The smallest absolute Gasteiger partial charge is 0.153 e. The first-order valence-electron chi connectivity index (χ1n) is 13.8. The Labute approximate surface area is 211 Å². The highest BCUT2D eigenvalue weighted by Crippen LogP contribution is 2.49. The monoisotopic (exact) mass is 475 g/mol. The maximum absolute atomic E-state index is 14.0. The molecule has 5 rings (SSSR count). The fourth-order valence-electron chi connectivity index (χ4n) is 6.70. The molecule has 6 atom stereocenters. The van der Waals surface area contributed by atoms with Gasteiger partial charge in [0.2, 0.25) is 0 Å². The molecule has 3 aliphatic carbocycles. The molecule has 0 N–H and O–H groups in total. The summed E-state index contributed by atoms with van der Waals surface area (Å²) in [5, 5.41) is 0. The number of aliphatic imine (C=N–C) groups is 2. The van der Waals surface area contributed by atoms with Crippen LogP contribution in [0.4, 0.5) is 4.39 Å². The van der Waals surface area contributed by atoms with Gasteiger partial charge in [0.15, 0.2) is 5.84 Å². The van der Waals surface area contributed by atoms with Gasteiger partial charge >= 0.3 is 0 Å². The first kappa shape index (κ1) is 24.5. The Morgan fingerprint density at radius 3 is 2.60 bits per heavy atom. The van der Waals surface area contributed by atoms with Gasteiger partial charge in [-0.05, 0) is 92.6 Å². The van der Waals surface area contributed by atoms with E-state index in [4.69, 9.17) is 9.98 Å². The molecule has 0 radical (unpaired) electrons. The van der Waals surface area contributed by atoms with Crippen LogP contribution in [0.25, 0.3) is 0 Å². The third kappa shape index (κ3) is 4.78. The highest BCUT2D eigenvalue weighted by molar-refractivity contribution is 6.09. The minimum Gasteiger partial charge on any atom is -0.359 e. The summed E-state index contributed by atoms with van der Waals surface area (Å²) < 4.78 is 14.0. The molecule has 2 aliphatic heterocycles. The normalized spacial score (nSPS) is 35.5. The standard InChI is InChI=1S/C31H42FN3/c1-6-9-10-21(7-2)30-33-29-22(8-3)15-23(26-12-11-25(32)13-19(26)4)16-28(29)31(34-30)35-17-24(18-35)27-14-20(27)5/h6-7,9,12-13,15,20,23-25,27-29H,8,10-11,14,16-18H2,1-5H3/b9-6?,21-7+. The summed E-state index contributed by atoms with van der Waals surface area (Å²) in [6.45, 7) is 13.2. The van der Waals surface area contributed by atoms with E-state index >= 15 is 0 Å². The molecule has 6 unspecified atom stereocenters. The summed E-state index contributed by atoms with van der Waals surface area (Å²) in [7, 11) is 0. The van der Waals surface area contributed by atoms with Crippen LogP contribution < -0.4 is 0 Å². The number of hydrogen-bond acceptors (Lipinski definition) is 3. The minimum atomic E-state index is -0.845. The van der Waals surface area contributed by atoms with Crippen molar-refractivity contribution in [1.82, 2.24) is 4.90 Å². The van der Waals surface area contributed by atoms with Crippen molar-refractivity contribution in [3.8, 4) is 0 Å². The number of nitrogens with zero attached hydrogens (tertiary/aromatic N) is 3. The molecule has 1 saturated carbocycles. The molecule has 2 heterocycles. The number of fused-ring (bicyclic) bond motifs is 1. The fourth-order valence-corrected chi connectivity index (χ4v) is 6.70. The summed E-state index contributed by atoms with van der Waals surface area (Å²) in [4.78, 5) is 13.2. The quantitative estimate of drug-likeness (QED) is 0.372. The van der Waals surface area contributed by atoms with Gasteiger partial charge in [-0.3, -0.25) is 4.99 Å². The van der Waals surface area contributed by atoms with Crippen LogP contribution in [0.15, 0.2) is 68.7 Å². The molecule has 188 valence electrons. The lowest BCUT2D eigenvalue weighted by Crippen LogP contribution is -2.56. The van der Waals surface area contributed by atoms with Crippen molar-refractivity contribution in [2.45, 2.75) is 78.9 Å². The molecule has 0 spiro atoms. The van der Waals surface area contributed by atoms with E-state index in [1.165, 1.54) is 29.0 Å². The molecule has 0 aromatic heterocycles. The molecular weight excluding hydrogens is 433 g/mol. The second-order valence-electron chi connectivity index (χ2n) is 11.3. The predicted octanol–water partition coefficient (Wildman–Crippen LogP) is 7.25. The average molecular weight is 476 g/mol. The topological polar surface area (TPSA) is 28.0 Å². The number of rotatable bonds is 6. The maximum atomic E-state index is 14.0. The van der Waals surface area contributed by atoms with Crippen LogP contribution in [0.1, 0.15) is 66.7 Å². The van der Waals surface area contributed by atoms with Gasteiger partial charge in [-0.15, -0.1) is 0 Å². The molecule has 2 fully saturated rings. The Bertz CT molecular complexity index is 1050. The largest absolute Gasteiger partial charge is 0.359 e. The lowest BCUT2D eigenvalue weighted by Gasteiger charge is -2.48. The maximum Gasteiger partial charge on any atom is 0.153 e. The molecule has 35 heavy (non-hydrogen) atoms. The number of allylic oxidation sites excluding steroid dienone is 8. The Morgan fingerprint density at radius 1 is 1.20 bits per heavy atom. The van der Waals surface area contributed by atoms with E-state index in [1.807, 2.05) is 6.08 Å². The number of likely N-dealkylation sites (tertiary alicyclic amines) is 1. The van der Waals surface area contributed by atoms with Gasteiger partial charge in [-0.2, -0.15) is 0 Å². The summed E-state index contributed by atoms with van der Waals surface area (Å²) in [5.41, 5.74) is 5.05. The number of halogens is 1. The highest BCUT2D eigenvalue weighted by atomic mass is 19.1. The second kappa shape index (κ2) is 10.0. The summed E-state index contributed by atoms with van der Waals surface area (Å²) >= 11 is 0. The molecule has 0 aromatic rings. The molecule has 0 aromatic carbocycles. The van der Waals surface area contributed by atoms with Crippen molar-refractivity contribution >= 4 is 11.7 Å². The van der Waals surface area contributed by atoms with Crippen LogP contribution in [0.3, 0.4) is 0 Å². The van der Waals surface area contributed by atoms with Crippen LogP contribution in [0.5, 0.6) is 0 Å². The molecule has 0 bridgehead atoms. The fraction of sp³-hybridized carbons (Fsp3) is 0.613. The van der Waals surface area contributed by atoms with Crippen molar-refractivity contribution in [2.75, 3.05) is 13.1 Å². The lowest BCUT2D eigenvalue weighted by atomic mass is 9.71. The van der Waals surface area contributed by atoms with Crippen LogP contribution in [-0.4, -0.2) is 41.9 Å². The average Bonchev–Trinajstić information content (AvgIpc) is 3.53. The first-order chi connectivity index (χ1) is 16.9. The molecule has 0 amide bonds. The molecular formula is C31H42FN3. The third-order valence-electron chi connectivity index (χ3n) is 8.97. The number of amidine groups is 2. The van der Waals surface area contributed by atoms with E-state index < -0.39 is 6.17 Å². The Kier molecular flexibility index (Phi) is 7.01. The summed E-state index contributed by atoms with van der Waals surface area (Å²) in [6.07, 6.45) is 16.8. The van der Waals surface area contributed by atoms with Gasteiger partial charge in [0.25, 0.3) is 0 Å². The van der Waals surface area contributed by atoms with Gasteiger partial charge in [0.05, 0.1) is 6.04 Å². The van der Waals surface area contributed by atoms with Gasteiger partial charge in [-0.25, -0.2) is 9.38 Å². The predicted molar refractivity (Wildman–Crippen MR) is 146 cm³/mol. The van der Waals surface area contributed by atoms with Gasteiger partial charge in [-0.1, -0.05) is 44.2 Å². The van der Waals surface area contributed by atoms with E-state index in [9.17, 15) is 4.39 Å². The van der Waals surface area contributed by atoms with Crippen molar-refractivity contribution < 1.29 is 4.39 Å². The van der Waals surface area contributed by atoms with Crippen LogP contribution in [-0.2, 0) is 0 Å². The number of alkyl halides is 1. The molecule has 3 nitrogen and oxygen atoms in total. The second-order valence-corrected chi connectivity index (χ2v) is 11.3. The SMILES string of the molecule is CC=CC/C(=C\C)C1=NC2C(CC)=CC(C3=CCC(F)C=C3C)CC2C(N2CC(C3CC3C)C2)=N1. The third-order valence-corrected chi connectivity index (χ3v) is 8.97. The van der Waals surface area contributed by atoms with Crippen LogP contribution in [0, 0.1) is 29.6 Å². The van der Waals surface area contributed by atoms with E-state index in [-0.39, 0.29) is 6.04 Å². The van der Waals surface area contributed by atoms with Crippen molar-refractivity contribution in [3.63, 3.8) is 0 Å². The zero-order valence-corrected chi connectivity index (χ0v) is 22.2. The van der Waals surface area contributed by atoms with E-state index in [0.29, 0.717) is 18.3 Å². The van der Waals surface area contributed by atoms with E-state index in [2.05, 4.69) is 69.9 Å². The van der Waals surface area contributed by atoms with E-state index in [0.717, 1.165) is 61.5 Å². The van der Waals surface area contributed by atoms with Gasteiger partial charge < -0.3 is 4.90 Å². The van der Waals surface area contributed by atoms with Gasteiger partial charge in [0.1, 0.15) is 12.0 Å². The Balaban J connectivity index is 1.48. The van der Waals surface area contributed by atoms with Crippen molar-refractivity contribution in [2.24, 2.45) is 39.6 Å². The minimum absolute atomic E-state index is 0.167.